The second-order valence-electron chi connectivity index (χ2n) is 5.22. The summed E-state index contributed by atoms with van der Waals surface area (Å²) < 4.78 is 44.0. The molecule has 0 aliphatic rings. The topological polar surface area (TPSA) is 21.3 Å². The summed E-state index contributed by atoms with van der Waals surface area (Å²) in [6.07, 6.45) is -2.22. The van der Waals surface area contributed by atoms with Crippen molar-refractivity contribution in [1.82, 2.24) is 5.32 Å². The summed E-state index contributed by atoms with van der Waals surface area (Å²) in [4.78, 5) is 0. The summed E-state index contributed by atoms with van der Waals surface area (Å²) in [5.41, 5.74) is -0.318. The molecule has 0 amide bonds. The van der Waals surface area contributed by atoms with Gasteiger partial charge in [-0.1, -0.05) is 32.0 Å². The van der Waals surface area contributed by atoms with Crippen LogP contribution in [-0.2, 0) is 17.3 Å². The minimum atomic E-state index is -4.31. The van der Waals surface area contributed by atoms with Crippen LogP contribution in [0.15, 0.2) is 24.3 Å². The van der Waals surface area contributed by atoms with Gasteiger partial charge < -0.3 is 10.1 Å². The van der Waals surface area contributed by atoms with E-state index in [-0.39, 0.29) is 11.6 Å². The fourth-order valence-electron chi connectivity index (χ4n) is 2.84. The predicted molar refractivity (Wildman–Crippen MR) is 78.3 cm³/mol. The van der Waals surface area contributed by atoms with Gasteiger partial charge >= 0.3 is 6.18 Å². The van der Waals surface area contributed by atoms with Gasteiger partial charge in [-0.2, -0.15) is 13.2 Å². The SMILES string of the molecule is CCC(CC)(OC)C(Cc1cccc(C(F)(F)F)c1)NC. The van der Waals surface area contributed by atoms with Crippen molar-refractivity contribution < 1.29 is 17.9 Å². The van der Waals surface area contributed by atoms with Crippen molar-refractivity contribution in [1.29, 1.82) is 0 Å². The molecule has 1 N–H and O–H groups in total. The third-order valence-corrected chi connectivity index (χ3v) is 4.28. The van der Waals surface area contributed by atoms with E-state index in [1.807, 2.05) is 20.9 Å². The van der Waals surface area contributed by atoms with Crippen LogP contribution in [0.1, 0.15) is 37.8 Å². The molecule has 1 rings (SSSR count). The van der Waals surface area contributed by atoms with Crippen molar-refractivity contribution in [2.45, 2.75) is 50.9 Å². The Kier molecular flexibility index (Phi) is 6.23. The van der Waals surface area contributed by atoms with Gasteiger partial charge in [0, 0.05) is 13.2 Å². The van der Waals surface area contributed by atoms with E-state index in [1.54, 1.807) is 13.2 Å². The Labute approximate surface area is 124 Å². The van der Waals surface area contributed by atoms with Gasteiger partial charge in [0.05, 0.1) is 11.2 Å². The number of rotatable bonds is 7. The van der Waals surface area contributed by atoms with Crippen LogP contribution in [-0.4, -0.2) is 25.8 Å². The van der Waals surface area contributed by atoms with Gasteiger partial charge in [0.2, 0.25) is 0 Å². The summed E-state index contributed by atoms with van der Waals surface area (Å²) in [5.74, 6) is 0. The van der Waals surface area contributed by atoms with Crippen LogP contribution in [0.25, 0.3) is 0 Å². The molecule has 0 saturated carbocycles. The first-order valence-corrected chi connectivity index (χ1v) is 7.21. The molecule has 0 spiro atoms. The molecule has 1 unspecified atom stereocenters. The summed E-state index contributed by atoms with van der Waals surface area (Å²) >= 11 is 0. The van der Waals surface area contributed by atoms with Crippen molar-refractivity contribution >= 4 is 0 Å². The second-order valence-corrected chi connectivity index (χ2v) is 5.22. The zero-order valence-corrected chi connectivity index (χ0v) is 13.1. The summed E-state index contributed by atoms with van der Waals surface area (Å²) in [6.45, 7) is 4.06. The van der Waals surface area contributed by atoms with Gasteiger partial charge in [-0.3, -0.25) is 0 Å². The highest BCUT2D eigenvalue weighted by Gasteiger charge is 2.35. The Morgan fingerprint density at radius 2 is 1.81 bits per heavy atom. The van der Waals surface area contributed by atoms with Gasteiger partial charge in [0.1, 0.15) is 0 Å². The van der Waals surface area contributed by atoms with Crippen LogP contribution in [0.3, 0.4) is 0 Å². The van der Waals surface area contributed by atoms with E-state index in [4.69, 9.17) is 4.74 Å². The zero-order valence-electron chi connectivity index (χ0n) is 13.1. The first-order valence-electron chi connectivity index (χ1n) is 7.21. The predicted octanol–water partition coefficient (Wildman–Crippen LogP) is 4.04. The molecule has 5 heteroatoms. The Hall–Kier alpha value is -1.07. The van der Waals surface area contributed by atoms with Gasteiger partial charge in [-0.05, 0) is 37.9 Å². The van der Waals surface area contributed by atoms with E-state index < -0.39 is 11.7 Å². The van der Waals surface area contributed by atoms with Gasteiger partial charge in [0.25, 0.3) is 0 Å². The Balaban J connectivity index is 3.02. The van der Waals surface area contributed by atoms with Crippen molar-refractivity contribution in [3.8, 4) is 0 Å². The maximum Gasteiger partial charge on any atom is 0.416 e. The van der Waals surface area contributed by atoms with Crippen LogP contribution in [0.2, 0.25) is 0 Å². The number of ether oxygens (including phenoxy) is 1. The van der Waals surface area contributed by atoms with Crippen LogP contribution in [0.4, 0.5) is 13.2 Å². The molecule has 0 aromatic heterocycles. The zero-order chi connectivity index (χ0) is 16.1. The molecule has 1 atom stereocenters. The molecule has 0 aliphatic carbocycles. The number of alkyl halides is 3. The van der Waals surface area contributed by atoms with E-state index in [9.17, 15) is 13.2 Å². The number of hydrogen-bond donors (Lipinski definition) is 1. The van der Waals surface area contributed by atoms with Crippen molar-refractivity contribution in [3.63, 3.8) is 0 Å². The van der Waals surface area contributed by atoms with Crippen LogP contribution >= 0.6 is 0 Å². The smallest absolute Gasteiger partial charge is 0.377 e. The minimum Gasteiger partial charge on any atom is -0.377 e. The molecule has 1 aromatic rings. The number of benzene rings is 1. The molecule has 0 bridgehead atoms. The minimum absolute atomic E-state index is 0.0408. The molecule has 0 aliphatic heterocycles. The Morgan fingerprint density at radius 3 is 2.24 bits per heavy atom. The van der Waals surface area contributed by atoms with Gasteiger partial charge in [-0.15, -0.1) is 0 Å². The van der Waals surface area contributed by atoms with E-state index in [2.05, 4.69) is 5.32 Å². The lowest BCUT2D eigenvalue weighted by Gasteiger charge is -2.38. The highest BCUT2D eigenvalue weighted by molar-refractivity contribution is 5.26. The van der Waals surface area contributed by atoms with E-state index in [0.29, 0.717) is 12.0 Å². The van der Waals surface area contributed by atoms with E-state index in [1.165, 1.54) is 12.1 Å². The van der Waals surface area contributed by atoms with E-state index in [0.717, 1.165) is 18.9 Å². The van der Waals surface area contributed by atoms with Crippen LogP contribution < -0.4 is 5.32 Å². The first kappa shape index (κ1) is 18.0. The molecule has 0 heterocycles. The van der Waals surface area contributed by atoms with Gasteiger partial charge in [-0.25, -0.2) is 0 Å². The van der Waals surface area contributed by atoms with Crippen LogP contribution in [0, 0.1) is 0 Å². The molecule has 21 heavy (non-hydrogen) atoms. The lowest BCUT2D eigenvalue weighted by atomic mass is 9.84. The molecular formula is C16H24F3NO. The quantitative estimate of drug-likeness (QED) is 0.821. The number of halogens is 3. The number of nitrogens with one attached hydrogen (secondary N) is 1. The fourth-order valence-corrected chi connectivity index (χ4v) is 2.84. The number of likely N-dealkylation sites (N-methyl/N-ethyl adjacent to an activating group) is 1. The highest BCUT2D eigenvalue weighted by atomic mass is 19.4. The fraction of sp³-hybridized carbons (Fsp3) is 0.625. The standard InChI is InChI=1S/C16H24F3NO/c1-5-15(6-2,21-4)14(20-3)11-12-8-7-9-13(10-12)16(17,18)19/h7-10,14,20H,5-6,11H2,1-4H3. The normalized spacial score (nSPS) is 14.2. The molecule has 2 nitrogen and oxygen atoms in total. The first-order chi connectivity index (χ1) is 9.82. The maximum atomic E-state index is 12.8. The molecular weight excluding hydrogens is 279 g/mol. The van der Waals surface area contributed by atoms with Crippen molar-refractivity contribution in [2.75, 3.05) is 14.2 Å². The Morgan fingerprint density at radius 1 is 1.19 bits per heavy atom. The highest BCUT2D eigenvalue weighted by Crippen LogP contribution is 2.31. The molecule has 0 radical (unpaired) electrons. The maximum absolute atomic E-state index is 12.8. The van der Waals surface area contributed by atoms with E-state index >= 15 is 0 Å². The average molecular weight is 303 g/mol. The van der Waals surface area contributed by atoms with Gasteiger partial charge in [0.15, 0.2) is 0 Å². The average Bonchev–Trinajstić information content (AvgIpc) is 2.47. The summed E-state index contributed by atoms with van der Waals surface area (Å²) in [6, 6.07) is 5.46. The largest absolute Gasteiger partial charge is 0.416 e. The lowest BCUT2D eigenvalue weighted by Crippen LogP contribution is -2.51. The summed E-state index contributed by atoms with van der Waals surface area (Å²) in [5, 5.41) is 3.20. The lowest BCUT2D eigenvalue weighted by molar-refractivity contribution is -0.137. The van der Waals surface area contributed by atoms with Crippen LogP contribution in [0.5, 0.6) is 0 Å². The van der Waals surface area contributed by atoms with Crippen molar-refractivity contribution in [3.05, 3.63) is 35.4 Å². The third-order valence-electron chi connectivity index (χ3n) is 4.28. The molecule has 120 valence electrons. The molecule has 0 saturated heterocycles. The second kappa shape index (κ2) is 7.27. The number of hydrogen-bond acceptors (Lipinski definition) is 2. The Bertz CT molecular complexity index is 433. The third kappa shape index (κ3) is 4.20. The summed E-state index contributed by atoms with van der Waals surface area (Å²) in [7, 11) is 3.47. The number of methoxy groups -OCH3 is 1. The molecule has 0 fully saturated rings. The monoisotopic (exact) mass is 303 g/mol. The molecule has 1 aromatic carbocycles. The van der Waals surface area contributed by atoms with Crippen molar-refractivity contribution in [2.24, 2.45) is 0 Å².